The predicted molar refractivity (Wildman–Crippen MR) is 88.1 cm³/mol. The van der Waals surface area contributed by atoms with Gasteiger partial charge in [-0.3, -0.25) is 4.79 Å². The number of amides is 1. The van der Waals surface area contributed by atoms with Gasteiger partial charge in [0.15, 0.2) is 0 Å². The van der Waals surface area contributed by atoms with Gasteiger partial charge in [0.05, 0.1) is 0 Å². The molecule has 3 nitrogen and oxygen atoms in total. The minimum absolute atomic E-state index is 0.229. The summed E-state index contributed by atoms with van der Waals surface area (Å²) >= 11 is 0. The Morgan fingerprint density at radius 1 is 1.14 bits per heavy atom. The third-order valence-electron chi connectivity index (χ3n) is 5.63. The van der Waals surface area contributed by atoms with E-state index < -0.39 is 0 Å². The van der Waals surface area contributed by atoms with Crippen molar-refractivity contribution in [1.29, 1.82) is 0 Å². The lowest BCUT2D eigenvalue weighted by atomic mass is 9.70. The number of rotatable bonds is 3. The summed E-state index contributed by atoms with van der Waals surface area (Å²) in [6, 6.07) is 0.483. The third-order valence-corrected chi connectivity index (χ3v) is 5.63. The van der Waals surface area contributed by atoms with Crippen LogP contribution in [0.1, 0.15) is 66.2 Å². The minimum Gasteiger partial charge on any atom is -0.356 e. The van der Waals surface area contributed by atoms with E-state index in [-0.39, 0.29) is 5.92 Å². The van der Waals surface area contributed by atoms with Crippen LogP contribution in [0.15, 0.2) is 0 Å². The van der Waals surface area contributed by atoms with Crippen molar-refractivity contribution in [2.45, 2.75) is 72.3 Å². The van der Waals surface area contributed by atoms with Gasteiger partial charge in [0, 0.05) is 18.5 Å². The van der Waals surface area contributed by atoms with E-state index in [1.807, 2.05) is 0 Å². The highest BCUT2D eigenvalue weighted by atomic mass is 16.1. The van der Waals surface area contributed by atoms with E-state index in [4.69, 9.17) is 0 Å². The van der Waals surface area contributed by atoms with Crippen LogP contribution in [0.5, 0.6) is 0 Å². The fourth-order valence-electron chi connectivity index (χ4n) is 3.99. The second-order valence-electron chi connectivity index (χ2n) is 8.41. The lowest BCUT2D eigenvalue weighted by molar-refractivity contribution is -0.126. The van der Waals surface area contributed by atoms with E-state index in [2.05, 4.69) is 38.3 Å². The van der Waals surface area contributed by atoms with Crippen LogP contribution < -0.4 is 10.6 Å². The van der Waals surface area contributed by atoms with Gasteiger partial charge in [-0.15, -0.1) is 0 Å². The number of carbonyl (C=O) groups excluding carboxylic acids is 1. The standard InChI is InChI=1S/C18H34N2O/c1-13-11-15(9-10-19-13)17(21)20-12-14-5-7-16(8-6-14)18(2,3)4/h13-16,19H,5-12H2,1-4H3,(H,20,21)/t13-,14?,15-,16?/m0/s1. The second-order valence-corrected chi connectivity index (χ2v) is 8.41. The molecule has 2 rings (SSSR count). The van der Waals surface area contributed by atoms with Gasteiger partial charge in [-0.2, -0.15) is 0 Å². The van der Waals surface area contributed by atoms with Crippen molar-refractivity contribution in [2.24, 2.45) is 23.2 Å². The first-order valence-electron chi connectivity index (χ1n) is 8.87. The molecule has 1 heterocycles. The molecule has 2 N–H and O–H groups in total. The molecule has 2 fully saturated rings. The molecule has 2 atom stereocenters. The normalized spacial score (nSPS) is 34.5. The first kappa shape index (κ1) is 16.8. The van der Waals surface area contributed by atoms with Gasteiger partial charge in [-0.25, -0.2) is 0 Å². The maximum atomic E-state index is 12.3. The predicted octanol–water partition coefficient (Wildman–Crippen LogP) is 3.34. The molecular weight excluding hydrogens is 260 g/mol. The van der Waals surface area contributed by atoms with Crippen LogP contribution in [-0.4, -0.2) is 25.0 Å². The number of piperidine rings is 1. The van der Waals surface area contributed by atoms with Crippen LogP contribution in [0.25, 0.3) is 0 Å². The zero-order chi connectivity index (χ0) is 15.5. The van der Waals surface area contributed by atoms with E-state index >= 15 is 0 Å². The molecule has 0 aromatic carbocycles. The summed E-state index contributed by atoms with van der Waals surface area (Å²) in [6.07, 6.45) is 7.20. The molecule has 3 heteroatoms. The summed E-state index contributed by atoms with van der Waals surface area (Å²) in [6.45, 7) is 11.1. The van der Waals surface area contributed by atoms with Gasteiger partial charge >= 0.3 is 0 Å². The Balaban J connectivity index is 1.68. The molecule has 1 amide bonds. The van der Waals surface area contributed by atoms with Crippen molar-refractivity contribution in [2.75, 3.05) is 13.1 Å². The Labute approximate surface area is 130 Å². The largest absolute Gasteiger partial charge is 0.356 e. The molecule has 1 aliphatic carbocycles. The van der Waals surface area contributed by atoms with Gasteiger partial charge in [-0.05, 0) is 69.2 Å². The highest BCUT2D eigenvalue weighted by Crippen LogP contribution is 2.39. The van der Waals surface area contributed by atoms with E-state index in [1.54, 1.807) is 0 Å². The first-order valence-corrected chi connectivity index (χ1v) is 8.87. The monoisotopic (exact) mass is 294 g/mol. The Kier molecular flexibility index (Phi) is 5.70. The molecule has 1 saturated heterocycles. The van der Waals surface area contributed by atoms with Crippen LogP contribution in [0, 0.1) is 23.2 Å². The van der Waals surface area contributed by atoms with Gasteiger partial charge in [0.1, 0.15) is 0 Å². The van der Waals surface area contributed by atoms with Crippen molar-refractivity contribution in [3.8, 4) is 0 Å². The summed E-state index contributed by atoms with van der Waals surface area (Å²) in [4.78, 5) is 12.3. The highest BCUT2D eigenvalue weighted by molar-refractivity contribution is 5.78. The summed E-state index contributed by atoms with van der Waals surface area (Å²) in [7, 11) is 0. The van der Waals surface area contributed by atoms with Crippen molar-refractivity contribution in [3.63, 3.8) is 0 Å². The summed E-state index contributed by atoms with van der Waals surface area (Å²) in [5.74, 6) is 2.08. The number of nitrogens with one attached hydrogen (secondary N) is 2. The molecule has 0 aromatic heterocycles. The highest BCUT2D eigenvalue weighted by Gasteiger charge is 2.30. The minimum atomic E-state index is 0.229. The van der Waals surface area contributed by atoms with Crippen LogP contribution in [-0.2, 0) is 4.79 Å². The maximum Gasteiger partial charge on any atom is 0.223 e. The third kappa shape index (κ3) is 4.98. The Bertz CT molecular complexity index is 340. The van der Waals surface area contributed by atoms with E-state index in [9.17, 15) is 4.79 Å². The van der Waals surface area contributed by atoms with Gasteiger partial charge < -0.3 is 10.6 Å². The Morgan fingerprint density at radius 2 is 1.81 bits per heavy atom. The summed E-state index contributed by atoms with van der Waals surface area (Å²) < 4.78 is 0. The smallest absolute Gasteiger partial charge is 0.223 e. The average molecular weight is 294 g/mol. The molecule has 0 radical (unpaired) electrons. The van der Waals surface area contributed by atoms with Gasteiger partial charge in [0.25, 0.3) is 0 Å². The SMILES string of the molecule is C[C@H]1C[C@@H](C(=O)NCC2CCC(C(C)(C)C)CC2)CCN1. The lowest BCUT2D eigenvalue weighted by Crippen LogP contribution is -2.43. The van der Waals surface area contributed by atoms with Crippen LogP contribution in [0.4, 0.5) is 0 Å². The van der Waals surface area contributed by atoms with E-state index in [0.717, 1.165) is 31.8 Å². The molecule has 0 spiro atoms. The molecule has 0 unspecified atom stereocenters. The van der Waals surface area contributed by atoms with E-state index in [0.29, 0.717) is 23.3 Å². The Hall–Kier alpha value is -0.570. The lowest BCUT2D eigenvalue weighted by Gasteiger charge is -2.37. The van der Waals surface area contributed by atoms with Crippen molar-refractivity contribution in [1.82, 2.24) is 10.6 Å². The second kappa shape index (κ2) is 7.13. The summed E-state index contributed by atoms with van der Waals surface area (Å²) in [5.41, 5.74) is 0.444. The maximum absolute atomic E-state index is 12.3. The van der Waals surface area contributed by atoms with Gasteiger partial charge in [-0.1, -0.05) is 20.8 Å². The molecule has 1 aliphatic heterocycles. The molecular formula is C18H34N2O. The molecule has 1 saturated carbocycles. The molecule has 0 bridgehead atoms. The first-order chi connectivity index (χ1) is 9.86. The number of hydrogen-bond donors (Lipinski definition) is 2. The molecule has 2 aliphatic rings. The fourth-order valence-corrected chi connectivity index (χ4v) is 3.99. The molecule has 0 aromatic rings. The van der Waals surface area contributed by atoms with Crippen molar-refractivity contribution >= 4 is 5.91 Å². The molecule has 21 heavy (non-hydrogen) atoms. The quantitative estimate of drug-likeness (QED) is 0.838. The number of hydrogen-bond acceptors (Lipinski definition) is 2. The Morgan fingerprint density at radius 3 is 2.38 bits per heavy atom. The van der Waals surface area contributed by atoms with Gasteiger partial charge in [0.2, 0.25) is 5.91 Å². The van der Waals surface area contributed by atoms with Crippen LogP contribution in [0.2, 0.25) is 0 Å². The average Bonchev–Trinajstić information content (AvgIpc) is 2.44. The summed E-state index contributed by atoms with van der Waals surface area (Å²) in [5, 5.41) is 6.64. The van der Waals surface area contributed by atoms with Crippen LogP contribution in [0.3, 0.4) is 0 Å². The fraction of sp³-hybridized carbons (Fsp3) is 0.944. The number of carbonyl (C=O) groups is 1. The molecule has 122 valence electrons. The van der Waals surface area contributed by atoms with Crippen molar-refractivity contribution < 1.29 is 4.79 Å². The van der Waals surface area contributed by atoms with Crippen LogP contribution >= 0.6 is 0 Å². The topological polar surface area (TPSA) is 41.1 Å². The zero-order valence-electron chi connectivity index (χ0n) is 14.4. The van der Waals surface area contributed by atoms with Crippen molar-refractivity contribution in [3.05, 3.63) is 0 Å². The van der Waals surface area contributed by atoms with E-state index in [1.165, 1.54) is 25.7 Å². The zero-order valence-corrected chi connectivity index (χ0v) is 14.4.